The largest absolute Gasteiger partial charge is 0.430 e. The van der Waals surface area contributed by atoms with E-state index in [-0.39, 0.29) is 6.98 Å². The second kappa shape index (κ2) is 7.04. The molecule has 2 aromatic carbocycles. The molecule has 0 aliphatic carbocycles. The topological polar surface area (TPSA) is 29.9 Å². The van der Waals surface area contributed by atoms with Crippen molar-refractivity contribution in [1.82, 2.24) is 9.69 Å². The van der Waals surface area contributed by atoms with E-state index < -0.39 is 8.07 Å². The Bertz CT molecular complexity index is 953. The standard InChI is InChI=1S/C22H28BN3Si/c1-5-27(6-2,7-3)22-13-12-17(4)16-19(22)23-25-20-11-9-8-10-18(20)21-14-15-24-26(21)23/h8-16,25H,5-7H2,1-4H3. The Morgan fingerprint density at radius 3 is 2.48 bits per heavy atom. The Labute approximate surface area is 164 Å². The minimum absolute atomic E-state index is 0.0522. The summed E-state index contributed by atoms with van der Waals surface area (Å²) in [5.41, 5.74) is 6.34. The number of hydrogen-bond acceptors (Lipinski definition) is 2. The lowest BCUT2D eigenvalue weighted by molar-refractivity contribution is 0.963. The summed E-state index contributed by atoms with van der Waals surface area (Å²) in [6, 6.07) is 21.6. The highest BCUT2D eigenvalue weighted by Crippen LogP contribution is 2.32. The maximum absolute atomic E-state index is 4.71. The summed E-state index contributed by atoms with van der Waals surface area (Å²) < 4.78 is 2.17. The summed E-state index contributed by atoms with van der Waals surface area (Å²) in [6.45, 7) is 9.39. The molecular weight excluding hydrogens is 345 g/mol. The van der Waals surface area contributed by atoms with E-state index >= 15 is 0 Å². The first-order valence-corrected chi connectivity index (χ1v) is 12.8. The van der Waals surface area contributed by atoms with Gasteiger partial charge >= 0.3 is 6.98 Å². The number of hydrogen-bond donors (Lipinski definition) is 1. The van der Waals surface area contributed by atoms with Crippen LogP contribution in [0.4, 0.5) is 5.69 Å². The normalized spacial score (nSPS) is 13.1. The average Bonchev–Trinajstić information content (AvgIpc) is 3.20. The molecule has 2 heterocycles. The summed E-state index contributed by atoms with van der Waals surface area (Å²) in [5.74, 6) is 0. The van der Waals surface area contributed by atoms with Crippen molar-refractivity contribution in [2.45, 2.75) is 45.8 Å². The first kappa shape index (κ1) is 18.1. The second-order valence-electron chi connectivity index (χ2n) is 7.69. The molecule has 0 saturated heterocycles. The second-order valence-corrected chi connectivity index (χ2v) is 12.9. The van der Waals surface area contributed by atoms with Crippen LogP contribution in [-0.4, -0.2) is 24.7 Å². The Morgan fingerprint density at radius 2 is 1.74 bits per heavy atom. The van der Waals surface area contributed by atoms with Crippen molar-refractivity contribution < 1.29 is 0 Å². The number of nitrogens with one attached hydrogen (secondary N) is 1. The van der Waals surface area contributed by atoms with Gasteiger partial charge in [-0.15, -0.1) is 0 Å². The number of benzene rings is 2. The zero-order valence-electron chi connectivity index (χ0n) is 16.8. The maximum atomic E-state index is 4.71. The van der Waals surface area contributed by atoms with Crippen molar-refractivity contribution >= 4 is 31.4 Å². The maximum Gasteiger partial charge on any atom is 0.430 e. The van der Waals surface area contributed by atoms with E-state index in [0.717, 1.165) is 0 Å². The van der Waals surface area contributed by atoms with E-state index in [1.54, 1.807) is 5.19 Å². The molecule has 0 radical (unpaired) electrons. The number of nitrogens with zero attached hydrogens (tertiary/aromatic N) is 2. The summed E-state index contributed by atoms with van der Waals surface area (Å²) in [6.07, 6.45) is 1.92. The predicted octanol–water partition coefficient (Wildman–Crippen LogP) is 4.24. The van der Waals surface area contributed by atoms with Crippen molar-refractivity contribution in [2.24, 2.45) is 0 Å². The Balaban J connectivity index is 1.92. The lowest BCUT2D eigenvalue weighted by Gasteiger charge is -2.34. The van der Waals surface area contributed by atoms with E-state index in [1.807, 2.05) is 6.20 Å². The van der Waals surface area contributed by atoms with Crippen molar-refractivity contribution in [1.29, 1.82) is 0 Å². The van der Waals surface area contributed by atoms with Crippen molar-refractivity contribution in [3.63, 3.8) is 0 Å². The SMILES string of the molecule is CC[Si](CC)(CC)c1ccc(C)cc1B1Nc2ccccc2-c2ccnn21. The third-order valence-electron chi connectivity index (χ3n) is 6.51. The van der Waals surface area contributed by atoms with Crippen LogP contribution in [0.5, 0.6) is 0 Å². The van der Waals surface area contributed by atoms with Crippen molar-refractivity contribution in [3.05, 3.63) is 60.3 Å². The zero-order chi connectivity index (χ0) is 19.0. The van der Waals surface area contributed by atoms with Gasteiger partial charge in [-0.05, 0) is 24.5 Å². The van der Waals surface area contributed by atoms with Crippen LogP contribution in [0.3, 0.4) is 0 Å². The van der Waals surface area contributed by atoms with Gasteiger partial charge in [0.2, 0.25) is 0 Å². The number of aromatic nitrogens is 2. The Hall–Kier alpha value is -2.27. The van der Waals surface area contributed by atoms with Gasteiger partial charge < -0.3 is 5.23 Å². The van der Waals surface area contributed by atoms with E-state index in [0.29, 0.717) is 0 Å². The molecule has 4 rings (SSSR count). The smallest absolute Gasteiger partial charge is 0.404 e. The molecule has 1 aliphatic heterocycles. The molecule has 27 heavy (non-hydrogen) atoms. The third-order valence-corrected chi connectivity index (χ3v) is 12.2. The third kappa shape index (κ3) is 2.85. The van der Waals surface area contributed by atoms with Crippen LogP contribution in [0.2, 0.25) is 18.1 Å². The van der Waals surface area contributed by atoms with E-state index in [9.17, 15) is 0 Å². The molecule has 1 aromatic heterocycles. The number of rotatable bonds is 5. The van der Waals surface area contributed by atoms with Gasteiger partial charge in [-0.25, -0.2) is 0 Å². The van der Waals surface area contributed by atoms with Gasteiger partial charge in [0, 0.05) is 17.4 Å². The minimum Gasteiger partial charge on any atom is -0.404 e. The van der Waals surface area contributed by atoms with Gasteiger partial charge in [0.25, 0.3) is 0 Å². The molecule has 5 heteroatoms. The highest BCUT2D eigenvalue weighted by atomic mass is 28.3. The Kier molecular flexibility index (Phi) is 4.72. The van der Waals surface area contributed by atoms with Crippen LogP contribution in [0.25, 0.3) is 11.3 Å². The van der Waals surface area contributed by atoms with Crippen LogP contribution < -0.4 is 15.9 Å². The fourth-order valence-electron chi connectivity index (χ4n) is 4.70. The molecule has 1 N–H and O–H groups in total. The molecule has 0 unspecified atom stereocenters. The number of fused-ring (bicyclic) bond motifs is 3. The van der Waals surface area contributed by atoms with Crippen LogP contribution in [0.15, 0.2) is 54.7 Å². The van der Waals surface area contributed by atoms with Gasteiger partial charge in [-0.3, -0.25) is 4.59 Å². The highest BCUT2D eigenvalue weighted by molar-refractivity contribution is 6.96. The van der Waals surface area contributed by atoms with Gasteiger partial charge in [0.05, 0.1) is 13.8 Å². The summed E-state index contributed by atoms with van der Waals surface area (Å²) in [5, 5.41) is 10.1. The highest BCUT2D eigenvalue weighted by Gasteiger charge is 2.38. The van der Waals surface area contributed by atoms with E-state index in [2.05, 4.69) is 86.0 Å². The van der Waals surface area contributed by atoms with Gasteiger partial charge in [-0.1, -0.05) is 86.1 Å². The molecule has 0 bridgehead atoms. The molecule has 0 spiro atoms. The zero-order valence-corrected chi connectivity index (χ0v) is 17.8. The van der Waals surface area contributed by atoms with Gasteiger partial charge in [0.15, 0.2) is 0 Å². The average molecular weight is 373 g/mol. The lowest BCUT2D eigenvalue weighted by atomic mass is 9.65. The lowest BCUT2D eigenvalue weighted by Crippen LogP contribution is -2.62. The molecule has 3 aromatic rings. The fraction of sp³-hybridized carbons (Fsp3) is 0.318. The first-order chi connectivity index (χ1) is 13.1. The Morgan fingerprint density at radius 1 is 1.00 bits per heavy atom. The molecule has 0 saturated carbocycles. The molecule has 0 amide bonds. The monoisotopic (exact) mass is 373 g/mol. The fourth-order valence-corrected chi connectivity index (χ4v) is 8.60. The summed E-state index contributed by atoms with van der Waals surface area (Å²) in [4.78, 5) is 0. The number of anilines is 1. The first-order valence-electron chi connectivity index (χ1n) is 10.1. The minimum atomic E-state index is -1.52. The van der Waals surface area contributed by atoms with Crippen molar-refractivity contribution in [3.8, 4) is 11.3 Å². The predicted molar refractivity (Wildman–Crippen MR) is 120 cm³/mol. The quantitative estimate of drug-likeness (QED) is 0.678. The molecule has 0 atom stereocenters. The van der Waals surface area contributed by atoms with Crippen LogP contribution in [0.1, 0.15) is 26.3 Å². The molecule has 3 nitrogen and oxygen atoms in total. The van der Waals surface area contributed by atoms with Crippen LogP contribution in [0, 0.1) is 6.92 Å². The van der Waals surface area contributed by atoms with E-state index in [1.165, 1.54) is 46.1 Å². The molecular formula is C22H28BN3Si. The summed E-state index contributed by atoms with van der Waals surface area (Å²) in [7, 11) is -1.52. The van der Waals surface area contributed by atoms with Crippen LogP contribution in [-0.2, 0) is 0 Å². The van der Waals surface area contributed by atoms with Gasteiger partial charge in [-0.2, -0.15) is 5.10 Å². The summed E-state index contributed by atoms with van der Waals surface area (Å²) >= 11 is 0. The van der Waals surface area contributed by atoms with Gasteiger partial charge in [0.1, 0.15) is 0 Å². The van der Waals surface area contributed by atoms with Crippen LogP contribution >= 0.6 is 0 Å². The molecule has 138 valence electrons. The number of para-hydroxylation sites is 1. The van der Waals surface area contributed by atoms with E-state index in [4.69, 9.17) is 5.10 Å². The van der Waals surface area contributed by atoms with Crippen molar-refractivity contribution in [2.75, 3.05) is 5.23 Å². The number of aryl methyl sites for hydroxylation is 1. The molecule has 0 fully saturated rings. The molecule has 1 aliphatic rings.